The molecule has 0 fully saturated rings. The summed E-state index contributed by atoms with van der Waals surface area (Å²) in [4.78, 5) is 12.3. The molecule has 0 spiro atoms. The van der Waals surface area contributed by atoms with Crippen LogP contribution in [0.4, 0.5) is 0 Å². The quantitative estimate of drug-likeness (QED) is 0.586. The van der Waals surface area contributed by atoms with Gasteiger partial charge in [0.05, 0.1) is 12.1 Å². The molecule has 27 heavy (non-hydrogen) atoms. The van der Waals surface area contributed by atoms with Crippen LogP contribution in [0.2, 0.25) is 0 Å². The SMILES string of the molecule is Cc1cc2cc(CNC(=O)Cc3cc(-c4ccccc4)on3)ccc2n1C. The summed E-state index contributed by atoms with van der Waals surface area (Å²) in [6.45, 7) is 2.58. The van der Waals surface area contributed by atoms with Crippen LogP contribution in [0, 0.1) is 6.92 Å². The van der Waals surface area contributed by atoms with Gasteiger partial charge in [-0.05, 0) is 30.7 Å². The first-order valence-corrected chi connectivity index (χ1v) is 8.93. The van der Waals surface area contributed by atoms with Crippen molar-refractivity contribution in [3.63, 3.8) is 0 Å². The Balaban J connectivity index is 1.38. The second-order valence-electron chi connectivity index (χ2n) is 6.74. The first-order valence-electron chi connectivity index (χ1n) is 8.93. The smallest absolute Gasteiger partial charge is 0.226 e. The Labute approximate surface area is 157 Å². The number of amides is 1. The van der Waals surface area contributed by atoms with Gasteiger partial charge < -0.3 is 14.4 Å². The van der Waals surface area contributed by atoms with Crippen molar-refractivity contribution in [1.29, 1.82) is 0 Å². The molecule has 2 heterocycles. The molecule has 1 amide bonds. The summed E-state index contributed by atoms with van der Waals surface area (Å²) < 4.78 is 7.50. The number of nitrogens with one attached hydrogen (secondary N) is 1. The Kier molecular flexibility index (Phi) is 4.50. The van der Waals surface area contributed by atoms with Gasteiger partial charge >= 0.3 is 0 Å². The fourth-order valence-corrected chi connectivity index (χ4v) is 3.21. The third-order valence-electron chi connectivity index (χ3n) is 4.80. The zero-order chi connectivity index (χ0) is 18.8. The van der Waals surface area contributed by atoms with E-state index < -0.39 is 0 Å². The summed E-state index contributed by atoms with van der Waals surface area (Å²) in [6.07, 6.45) is 0.197. The Bertz CT molecular complexity index is 1090. The van der Waals surface area contributed by atoms with Gasteiger partial charge in [0.2, 0.25) is 5.91 Å². The average molecular weight is 359 g/mol. The number of hydrogen-bond acceptors (Lipinski definition) is 3. The van der Waals surface area contributed by atoms with Crippen LogP contribution in [0.15, 0.2) is 65.2 Å². The lowest BCUT2D eigenvalue weighted by Crippen LogP contribution is -2.24. The minimum absolute atomic E-state index is 0.0766. The van der Waals surface area contributed by atoms with Crippen LogP contribution in [-0.4, -0.2) is 15.6 Å². The highest BCUT2D eigenvalue weighted by Gasteiger charge is 2.11. The summed E-state index contributed by atoms with van der Waals surface area (Å²) in [6, 6.07) is 19.9. The molecular weight excluding hydrogens is 338 g/mol. The lowest BCUT2D eigenvalue weighted by Gasteiger charge is -2.05. The van der Waals surface area contributed by atoms with Crippen molar-refractivity contribution in [2.45, 2.75) is 19.9 Å². The molecule has 136 valence electrons. The Hall–Kier alpha value is -3.34. The minimum atomic E-state index is -0.0766. The zero-order valence-corrected chi connectivity index (χ0v) is 15.4. The van der Waals surface area contributed by atoms with E-state index >= 15 is 0 Å². The van der Waals surface area contributed by atoms with Crippen molar-refractivity contribution in [3.05, 3.63) is 77.6 Å². The number of nitrogens with zero attached hydrogens (tertiary/aromatic N) is 2. The normalized spacial score (nSPS) is 11.0. The monoisotopic (exact) mass is 359 g/mol. The molecule has 4 aromatic rings. The van der Waals surface area contributed by atoms with Crippen LogP contribution in [0.1, 0.15) is 17.0 Å². The number of fused-ring (bicyclic) bond motifs is 1. The van der Waals surface area contributed by atoms with Crippen molar-refractivity contribution >= 4 is 16.8 Å². The molecule has 0 aliphatic carbocycles. The number of carbonyl (C=O) groups excluding carboxylic acids is 1. The molecule has 0 aliphatic rings. The lowest BCUT2D eigenvalue weighted by atomic mass is 10.1. The first kappa shape index (κ1) is 17.1. The van der Waals surface area contributed by atoms with E-state index in [-0.39, 0.29) is 12.3 Å². The van der Waals surface area contributed by atoms with Gasteiger partial charge in [-0.2, -0.15) is 0 Å². The van der Waals surface area contributed by atoms with Crippen LogP contribution < -0.4 is 5.32 Å². The summed E-state index contributed by atoms with van der Waals surface area (Å²) in [5.74, 6) is 0.593. The molecule has 0 saturated heterocycles. The number of hydrogen-bond donors (Lipinski definition) is 1. The van der Waals surface area contributed by atoms with Crippen LogP contribution in [0.25, 0.3) is 22.2 Å². The molecule has 5 nitrogen and oxygen atoms in total. The fourth-order valence-electron chi connectivity index (χ4n) is 3.21. The second-order valence-corrected chi connectivity index (χ2v) is 6.74. The molecule has 0 radical (unpaired) electrons. The van der Waals surface area contributed by atoms with E-state index in [1.54, 1.807) is 0 Å². The Morgan fingerprint density at radius 2 is 1.93 bits per heavy atom. The van der Waals surface area contributed by atoms with E-state index in [1.165, 1.54) is 16.6 Å². The van der Waals surface area contributed by atoms with E-state index in [4.69, 9.17) is 4.52 Å². The van der Waals surface area contributed by atoms with Gasteiger partial charge in [-0.3, -0.25) is 4.79 Å². The molecule has 4 rings (SSSR count). The first-order chi connectivity index (χ1) is 13.1. The molecule has 0 saturated carbocycles. The van der Waals surface area contributed by atoms with Gasteiger partial charge in [-0.1, -0.05) is 41.6 Å². The zero-order valence-electron chi connectivity index (χ0n) is 15.4. The van der Waals surface area contributed by atoms with Crippen molar-refractivity contribution in [2.75, 3.05) is 0 Å². The molecule has 1 N–H and O–H groups in total. The van der Waals surface area contributed by atoms with E-state index in [1.807, 2.05) is 42.5 Å². The molecular formula is C22H21N3O2. The average Bonchev–Trinajstić information content (AvgIpc) is 3.25. The van der Waals surface area contributed by atoms with Crippen molar-refractivity contribution < 1.29 is 9.32 Å². The van der Waals surface area contributed by atoms with Crippen LogP contribution in [-0.2, 0) is 24.8 Å². The third-order valence-corrected chi connectivity index (χ3v) is 4.80. The van der Waals surface area contributed by atoms with Crippen molar-refractivity contribution in [2.24, 2.45) is 7.05 Å². The highest BCUT2D eigenvalue weighted by atomic mass is 16.5. The molecule has 2 aromatic heterocycles. The molecule has 0 unspecified atom stereocenters. The van der Waals surface area contributed by atoms with Gasteiger partial charge in [0.25, 0.3) is 0 Å². The van der Waals surface area contributed by atoms with Crippen molar-refractivity contribution in [3.8, 4) is 11.3 Å². The second kappa shape index (κ2) is 7.11. The molecule has 0 bridgehead atoms. The summed E-state index contributed by atoms with van der Waals surface area (Å²) in [7, 11) is 2.06. The van der Waals surface area contributed by atoms with E-state index in [0.717, 1.165) is 11.1 Å². The van der Waals surface area contributed by atoms with Gasteiger partial charge in [0, 0.05) is 41.8 Å². The lowest BCUT2D eigenvalue weighted by molar-refractivity contribution is -0.120. The summed E-state index contributed by atoms with van der Waals surface area (Å²) in [5.41, 5.74) is 5.06. The summed E-state index contributed by atoms with van der Waals surface area (Å²) in [5, 5.41) is 8.14. The van der Waals surface area contributed by atoms with E-state index in [0.29, 0.717) is 18.0 Å². The Morgan fingerprint density at radius 3 is 2.74 bits per heavy atom. The Morgan fingerprint density at radius 1 is 1.11 bits per heavy atom. The minimum Gasteiger partial charge on any atom is -0.356 e. The number of aryl methyl sites for hydroxylation is 2. The van der Waals surface area contributed by atoms with Crippen molar-refractivity contribution in [1.82, 2.24) is 15.0 Å². The number of rotatable bonds is 5. The van der Waals surface area contributed by atoms with Crippen LogP contribution >= 0.6 is 0 Å². The fraction of sp³-hybridized carbons (Fsp3) is 0.182. The van der Waals surface area contributed by atoms with Gasteiger partial charge in [-0.15, -0.1) is 0 Å². The predicted octanol–water partition coefficient (Wildman–Crippen LogP) is 4.00. The molecule has 0 aliphatic heterocycles. The van der Waals surface area contributed by atoms with Gasteiger partial charge in [-0.25, -0.2) is 0 Å². The van der Waals surface area contributed by atoms with E-state index in [9.17, 15) is 4.79 Å². The maximum atomic E-state index is 12.3. The summed E-state index contributed by atoms with van der Waals surface area (Å²) >= 11 is 0. The maximum absolute atomic E-state index is 12.3. The predicted molar refractivity (Wildman–Crippen MR) is 105 cm³/mol. The van der Waals surface area contributed by atoms with Gasteiger partial charge in [0.1, 0.15) is 0 Å². The molecule has 2 aromatic carbocycles. The highest BCUT2D eigenvalue weighted by Crippen LogP contribution is 2.21. The number of aromatic nitrogens is 2. The van der Waals surface area contributed by atoms with Crippen LogP contribution in [0.5, 0.6) is 0 Å². The van der Waals surface area contributed by atoms with Crippen LogP contribution in [0.3, 0.4) is 0 Å². The van der Waals surface area contributed by atoms with E-state index in [2.05, 4.69) is 47.2 Å². The van der Waals surface area contributed by atoms with Gasteiger partial charge in [0.15, 0.2) is 5.76 Å². The largest absolute Gasteiger partial charge is 0.356 e. The third kappa shape index (κ3) is 3.62. The topological polar surface area (TPSA) is 60.1 Å². The standard InChI is InChI=1S/C22H21N3O2/c1-15-10-18-11-16(8-9-20(18)25(15)2)14-23-22(26)13-19-12-21(27-24-19)17-6-4-3-5-7-17/h3-12H,13-14H2,1-2H3,(H,23,26). The molecule has 5 heteroatoms. The number of benzene rings is 2. The number of carbonyl (C=O) groups is 1. The maximum Gasteiger partial charge on any atom is 0.226 e. The molecule has 0 atom stereocenters. The highest BCUT2D eigenvalue weighted by molar-refractivity contribution is 5.82.